The van der Waals surface area contributed by atoms with Crippen molar-refractivity contribution in [2.75, 3.05) is 0 Å². The highest BCUT2D eigenvalue weighted by molar-refractivity contribution is 6.13. The van der Waals surface area contributed by atoms with E-state index in [0.717, 1.165) is 11.1 Å². The molecule has 3 atom stereocenters. The normalized spacial score (nSPS) is 19.1. The van der Waals surface area contributed by atoms with Gasteiger partial charge in [0, 0.05) is 28.4 Å². The number of benzene rings is 2. The molecule has 0 heterocycles. The Hall–Kier alpha value is -3.02. The van der Waals surface area contributed by atoms with Gasteiger partial charge >= 0.3 is 5.97 Å². The Bertz CT molecular complexity index is 847. The van der Waals surface area contributed by atoms with E-state index in [1.165, 1.54) is 0 Å². The summed E-state index contributed by atoms with van der Waals surface area (Å²) in [7, 11) is 0. The molecule has 1 aliphatic carbocycles. The molecule has 2 aromatic carbocycles. The Balaban J connectivity index is 1.97. The monoisotopic (exact) mass is 394 g/mol. The van der Waals surface area contributed by atoms with E-state index in [-0.39, 0.29) is 10.8 Å². The molecular formula is C23H26N2O4. The first-order chi connectivity index (χ1) is 13.7. The van der Waals surface area contributed by atoms with Gasteiger partial charge in [-0.1, -0.05) is 60.7 Å². The second kappa shape index (κ2) is 8.55. The van der Waals surface area contributed by atoms with Crippen LogP contribution in [0.15, 0.2) is 65.7 Å². The summed E-state index contributed by atoms with van der Waals surface area (Å²) < 4.78 is 5.58. The third kappa shape index (κ3) is 5.73. The molecule has 1 fully saturated rings. The SMILES string of the molecule is CC(C)(C)OC(=O)C(C[C@@H]1C[C@H]1[N+](=O)[O-])N=C(c1ccccc1)c1ccccc1. The fourth-order valence-corrected chi connectivity index (χ4v) is 3.26. The second-order valence-corrected chi connectivity index (χ2v) is 8.34. The molecule has 0 aromatic heterocycles. The van der Waals surface area contributed by atoms with Crippen molar-refractivity contribution in [3.05, 3.63) is 81.9 Å². The van der Waals surface area contributed by atoms with Gasteiger partial charge < -0.3 is 4.74 Å². The number of hydrogen-bond donors (Lipinski definition) is 0. The van der Waals surface area contributed by atoms with Crippen LogP contribution in [0.3, 0.4) is 0 Å². The Labute approximate surface area is 170 Å². The molecule has 0 radical (unpaired) electrons. The van der Waals surface area contributed by atoms with E-state index in [4.69, 9.17) is 9.73 Å². The van der Waals surface area contributed by atoms with Crippen molar-refractivity contribution in [1.82, 2.24) is 0 Å². The van der Waals surface area contributed by atoms with E-state index in [1.54, 1.807) is 20.8 Å². The summed E-state index contributed by atoms with van der Waals surface area (Å²) in [4.78, 5) is 28.5. The summed E-state index contributed by atoms with van der Waals surface area (Å²) in [6, 6.07) is 17.9. The highest BCUT2D eigenvalue weighted by Crippen LogP contribution is 2.38. The standard InChI is InChI=1S/C23H26N2O4/c1-23(2,3)29-22(26)19(14-18-15-20(18)25(27)28)24-21(16-10-6-4-7-11-16)17-12-8-5-9-13-17/h4-13,18-20H,14-15H2,1-3H3/t18-,19?,20-/m1/s1. The van der Waals surface area contributed by atoms with E-state index in [2.05, 4.69) is 0 Å². The molecule has 0 aliphatic heterocycles. The van der Waals surface area contributed by atoms with Crippen LogP contribution in [-0.4, -0.2) is 34.3 Å². The first kappa shape index (κ1) is 20.7. The van der Waals surface area contributed by atoms with Crippen molar-refractivity contribution < 1.29 is 14.5 Å². The average molecular weight is 394 g/mol. The predicted octanol–water partition coefficient (Wildman–Crippen LogP) is 4.29. The van der Waals surface area contributed by atoms with Crippen LogP contribution in [0.5, 0.6) is 0 Å². The number of carbonyl (C=O) groups is 1. The fraction of sp³-hybridized carbons (Fsp3) is 0.391. The van der Waals surface area contributed by atoms with E-state index in [0.29, 0.717) is 18.6 Å². The van der Waals surface area contributed by atoms with E-state index >= 15 is 0 Å². The van der Waals surface area contributed by atoms with Crippen LogP contribution in [-0.2, 0) is 9.53 Å². The van der Waals surface area contributed by atoms with Gasteiger partial charge in [-0.05, 0) is 27.2 Å². The van der Waals surface area contributed by atoms with Crippen LogP contribution in [0.25, 0.3) is 0 Å². The Kier molecular flexibility index (Phi) is 6.11. The highest BCUT2D eigenvalue weighted by atomic mass is 16.6. The van der Waals surface area contributed by atoms with Gasteiger partial charge in [0.05, 0.1) is 5.71 Å². The summed E-state index contributed by atoms with van der Waals surface area (Å²) in [6.07, 6.45) is 0.789. The molecular weight excluding hydrogens is 368 g/mol. The first-order valence-electron chi connectivity index (χ1n) is 9.79. The molecule has 6 nitrogen and oxygen atoms in total. The van der Waals surface area contributed by atoms with Gasteiger partial charge in [-0.15, -0.1) is 0 Å². The maximum Gasteiger partial charge on any atom is 0.331 e. The number of carbonyl (C=O) groups excluding carboxylic acids is 1. The summed E-state index contributed by atoms with van der Waals surface area (Å²) in [5.41, 5.74) is 1.79. The lowest BCUT2D eigenvalue weighted by atomic mass is 10.0. The van der Waals surface area contributed by atoms with Crippen LogP contribution in [0, 0.1) is 16.0 Å². The summed E-state index contributed by atoms with van der Waals surface area (Å²) >= 11 is 0. The fourth-order valence-electron chi connectivity index (χ4n) is 3.26. The molecule has 1 saturated carbocycles. The number of ether oxygens (including phenoxy) is 1. The van der Waals surface area contributed by atoms with Gasteiger partial charge in [0.25, 0.3) is 0 Å². The van der Waals surface area contributed by atoms with E-state index < -0.39 is 23.7 Å². The summed E-state index contributed by atoms with van der Waals surface area (Å²) in [6.45, 7) is 5.41. The molecule has 0 saturated heterocycles. The third-order valence-electron chi connectivity index (χ3n) is 4.74. The summed E-state index contributed by atoms with van der Waals surface area (Å²) in [5.74, 6) is -0.602. The Morgan fingerprint density at radius 2 is 1.62 bits per heavy atom. The van der Waals surface area contributed by atoms with E-state index in [1.807, 2.05) is 60.7 Å². The van der Waals surface area contributed by atoms with Crippen LogP contribution in [0.4, 0.5) is 0 Å². The molecule has 3 rings (SSSR count). The topological polar surface area (TPSA) is 81.8 Å². The van der Waals surface area contributed by atoms with Crippen molar-refractivity contribution in [3.63, 3.8) is 0 Å². The first-order valence-corrected chi connectivity index (χ1v) is 9.79. The zero-order chi connectivity index (χ0) is 21.0. The van der Waals surface area contributed by atoms with Gasteiger partial charge in [0.1, 0.15) is 11.6 Å². The number of rotatable bonds is 7. The highest BCUT2D eigenvalue weighted by Gasteiger charge is 2.50. The van der Waals surface area contributed by atoms with Crippen molar-refractivity contribution >= 4 is 11.7 Å². The number of aliphatic imine (C=N–C) groups is 1. The smallest absolute Gasteiger partial charge is 0.331 e. The van der Waals surface area contributed by atoms with Crippen molar-refractivity contribution in [2.45, 2.75) is 51.3 Å². The lowest BCUT2D eigenvalue weighted by molar-refractivity contribution is -0.498. The molecule has 0 spiro atoms. The second-order valence-electron chi connectivity index (χ2n) is 8.34. The molecule has 152 valence electrons. The van der Waals surface area contributed by atoms with Crippen molar-refractivity contribution in [1.29, 1.82) is 0 Å². The van der Waals surface area contributed by atoms with Gasteiger partial charge in [0.2, 0.25) is 6.04 Å². The van der Waals surface area contributed by atoms with Gasteiger partial charge in [0.15, 0.2) is 0 Å². The van der Waals surface area contributed by atoms with Gasteiger partial charge in [-0.3, -0.25) is 15.1 Å². The maximum absolute atomic E-state index is 12.9. The molecule has 2 aromatic rings. The number of nitro groups is 1. The minimum Gasteiger partial charge on any atom is -0.458 e. The Morgan fingerprint density at radius 3 is 2.03 bits per heavy atom. The predicted molar refractivity (Wildman–Crippen MR) is 112 cm³/mol. The minimum absolute atomic E-state index is 0.154. The zero-order valence-corrected chi connectivity index (χ0v) is 16.9. The molecule has 0 amide bonds. The Morgan fingerprint density at radius 1 is 1.10 bits per heavy atom. The lowest BCUT2D eigenvalue weighted by Crippen LogP contribution is -2.32. The molecule has 0 bridgehead atoms. The maximum atomic E-state index is 12.9. The van der Waals surface area contributed by atoms with Crippen LogP contribution < -0.4 is 0 Å². The van der Waals surface area contributed by atoms with E-state index in [9.17, 15) is 14.9 Å². The zero-order valence-electron chi connectivity index (χ0n) is 16.9. The third-order valence-corrected chi connectivity index (χ3v) is 4.74. The minimum atomic E-state index is -0.792. The molecule has 6 heteroatoms. The lowest BCUT2D eigenvalue weighted by Gasteiger charge is -2.23. The number of nitrogens with zero attached hydrogens (tertiary/aromatic N) is 2. The van der Waals surface area contributed by atoms with Gasteiger partial charge in [-0.25, -0.2) is 4.79 Å². The van der Waals surface area contributed by atoms with Crippen molar-refractivity contribution in [2.24, 2.45) is 10.9 Å². The van der Waals surface area contributed by atoms with Crippen molar-refractivity contribution in [3.8, 4) is 0 Å². The average Bonchev–Trinajstić information content (AvgIpc) is 3.45. The number of hydrogen-bond acceptors (Lipinski definition) is 5. The van der Waals surface area contributed by atoms with Gasteiger partial charge in [-0.2, -0.15) is 0 Å². The molecule has 1 unspecified atom stereocenters. The summed E-state index contributed by atoms with van der Waals surface area (Å²) in [5, 5.41) is 11.1. The van der Waals surface area contributed by atoms with Crippen LogP contribution >= 0.6 is 0 Å². The molecule has 1 aliphatic rings. The molecule has 0 N–H and O–H groups in total. The van der Waals surface area contributed by atoms with Crippen LogP contribution in [0.2, 0.25) is 0 Å². The largest absolute Gasteiger partial charge is 0.458 e. The number of esters is 1. The quantitative estimate of drug-likeness (QED) is 0.304. The molecule has 29 heavy (non-hydrogen) atoms. The van der Waals surface area contributed by atoms with Crippen LogP contribution in [0.1, 0.15) is 44.7 Å².